The van der Waals surface area contributed by atoms with Crippen LogP contribution in [-0.2, 0) is 24.8 Å². The van der Waals surface area contributed by atoms with Crippen molar-refractivity contribution in [2.45, 2.75) is 39.3 Å². The van der Waals surface area contributed by atoms with Crippen LogP contribution in [0.3, 0.4) is 0 Å². The van der Waals surface area contributed by atoms with Crippen molar-refractivity contribution in [3.05, 3.63) is 17.0 Å². The number of carbonyl (C=O) groups is 2. The second-order valence-electron chi connectivity index (χ2n) is 6.44. The number of amides is 2. The van der Waals surface area contributed by atoms with Gasteiger partial charge in [0.15, 0.2) is 5.69 Å². The first-order chi connectivity index (χ1) is 10.7. The van der Waals surface area contributed by atoms with Gasteiger partial charge in [-0.3, -0.25) is 9.48 Å². The normalized spacial score (nSPS) is 14.0. The summed E-state index contributed by atoms with van der Waals surface area (Å²) < 4.78 is 7.08. The van der Waals surface area contributed by atoms with Crippen LogP contribution in [0.4, 0.5) is 4.79 Å². The number of ether oxygens (including phenoxy) is 1. The molecule has 0 spiro atoms. The van der Waals surface area contributed by atoms with Crippen LogP contribution in [0.1, 0.15) is 42.5 Å². The largest absolute Gasteiger partial charge is 0.444 e. The average molecular weight is 318 g/mol. The zero-order valence-electron chi connectivity index (χ0n) is 14.0. The highest BCUT2D eigenvalue weighted by Gasteiger charge is 2.31. The molecule has 1 aliphatic heterocycles. The molecule has 2 heterocycles. The molecule has 7 heteroatoms. The van der Waals surface area contributed by atoms with Gasteiger partial charge in [-0.15, -0.1) is 6.42 Å². The van der Waals surface area contributed by atoms with E-state index in [0.29, 0.717) is 25.2 Å². The van der Waals surface area contributed by atoms with Crippen molar-refractivity contribution < 1.29 is 14.3 Å². The number of terminal acetylenes is 1. The minimum atomic E-state index is -0.556. The lowest BCUT2D eigenvalue weighted by molar-refractivity contribution is 0.0221. The Balaban J connectivity index is 2.20. The summed E-state index contributed by atoms with van der Waals surface area (Å²) in [6, 6.07) is 0. The highest BCUT2D eigenvalue weighted by Crippen LogP contribution is 2.23. The second kappa shape index (κ2) is 6.32. The predicted molar refractivity (Wildman–Crippen MR) is 84.7 cm³/mol. The van der Waals surface area contributed by atoms with Gasteiger partial charge in [-0.1, -0.05) is 5.92 Å². The second-order valence-corrected chi connectivity index (χ2v) is 6.44. The molecule has 0 saturated heterocycles. The molecule has 2 amide bonds. The van der Waals surface area contributed by atoms with Crippen LogP contribution in [0, 0.1) is 12.3 Å². The van der Waals surface area contributed by atoms with Crippen molar-refractivity contribution in [1.29, 1.82) is 0 Å². The molecule has 23 heavy (non-hydrogen) atoms. The van der Waals surface area contributed by atoms with E-state index in [4.69, 9.17) is 11.2 Å². The third kappa shape index (κ3) is 3.83. The first-order valence-electron chi connectivity index (χ1n) is 7.47. The van der Waals surface area contributed by atoms with Gasteiger partial charge >= 0.3 is 6.09 Å². The summed E-state index contributed by atoms with van der Waals surface area (Å²) >= 11 is 0. The number of carbonyl (C=O) groups excluding carboxylic acids is 2. The summed E-state index contributed by atoms with van der Waals surface area (Å²) in [5.74, 6) is 2.03. The van der Waals surface area contributed by atoms with Crippen LogP contribution < -0.4 is 5.32 Å². The Morgan fingerprint density at radius 2 is 2.13 bits per heavy atom. The lowest BCUT2D eigenvalue weighted by Gasteiger charge is -2.30. The molecular weight excluding hydrogens is 296 g/mol. The molecule has 0 aromatic carbocycles. The first-order valence-corrected chi connectivity index (χ1v) is 7.47. The Kier molecular flexibility index (Phi) is 4.64. The first kappa shape index (κ1) is 16.9. The summed E-state index contributed by atoms with van der Waals surface area (Å²) in [4.78, 5) is 26.0. The molecule has 1 aromatic rings. The molecule has 0 atom stereocenters. The van der Waals surface area contributed by atoms with Crippen LogP contribution >= 0.6 is 0 Å². The molecule has 0 unspecified atom stereocenters. The summed E-state index contributed by atoms with van der Waals surface area (Å²) in [7, 11) is 1.79. The van der Waals surface area contributed by atoms with Crippen molar-refractivity contribution in [3.8, 4) is 12.3 Å². The maximum Gasteiger partial charge on any atom is 0.410 e. The van der Waals surface area contributed by atoms with Crippen molar-refractivity contribution in [2.75, 3.05) is 13.1 Å². The van der Waals surface area contributed by atoms with Gasteiger partial charge in [0, 0.05) is 31.3 Å². The van der Waals surface area contributed by atoms with E-state index in [1.54, 1.807) is 16.6 Å². The molecule has 1 aromatic heterocycles. The van der Waals surface area contributed by atoms with E-state index < -0.39 is 5.60 Å². The molecule has 0 saturated carbocycles. The average Bonchev–Trinajstić information content (AvgIpc) is 2.80. The van der Waals surface area contributed by atoms with E-state index in [1.807, 2.05) is 20.8 Å². The monoisotopic (exact) mass is 318 g/mol. The third-order valence-corrected chi connectivity index (χ3v) is 3.46. The summed E-state index contributed by atoms with van der Waals surface area (Å²) in [5.41, 5.74) is 1.46. The number of hydrogen-bond acceptors (Lipinski definition) is 4. The highest BCUT2D eigenvalue weighted by atomic mass is 16.6. The van der Waals surface area contributed by atoms with E-state index >= 15 is 0 Å². The van der Waals surface area contributed by atoms with Gasteiger partial charge in [-0.25, -0.2) is 4.79 Å². The highest BCUT2D eigenvalue weighted by molar-refractivity contribution is 5.94. The topological polar surface area (TPSA) is 76.5 Å². The summed E-state index contributed by atoms with van der Waals surface area (Å²) in [6.45, 7) is 6.44. The fourth-order valence-corrected chi connectivity index (χ4v) is 2.47. The zero-order valence-corrected chi connectivity index (χ0v) is 14.0. The quantitative estimate of drug-likeness (QED) is 0.828. The molecule has 7 nitrogen and oxygen atoms in total. The van der Waals surface area contributed by atoms with Crippen LogP contribution in [0.15, 0.2) is 0 Å². The number of hydrogen-bond donors (Lipinski definition) is 1. The molecule has 0 fully saturated rings. The fourth-order valence-electron chi connectivity index (χ4n) is 2.47. The molecule has 1 aliphatic rings. The smallest absolute Gasteiger partial charge is 0.410 e. The number of fused-ring (bicyclic) bond motifs is 1. The minimum Gasteiger partial charge on any atom is -0.444 e. The molecule has 1 N–H and O–H groups in total. The Hall–Kier alpha value is -2.49. The van der Waals surface area contributed by atoms with Crippen molar-refractivity contribution in [1.82, 2.24) is 20.0 Å². The van der Waals surface area contributed by atoms with Gasteiger partial charge < -0.3 is 15.0 Å². The SMILES string of the molecule is C#CCNC(=O)c1nn(C)c2c1CN(C(=O)OC(C)(C)C)CC2. The lowest BCUT2D eigenvalue weighted by atomic mass is 10.1. The molecule has 2 rings (SSSR count). The van der Waals surface area contributed by atoms with Crippen LogP contribution in [0.25, 0.3) is 0 Å². The van der Waals surface area contributed by atoms with Crippen LogP contribution in [-0.4, -0.2) is 45.4 Å². The summed E-state index contributed by atoms with van der Waals surface area (Å²) in [5, 5.41) is 6.88. The number of aromatic nitrogens is 2. The minimum absolute atomic E-state index is 0.139. The van der Waals surface area contributed by atoms with Gasteiger partial charge in [0.05, 0.1) is 13.1 Å². The Morgan fingerprint density at radius 3 is 2.74 bits per heavy atom. The Bertz CT molecular complexity index is 664. The number of rotatable bonds is 2. The number of nitrogens with zero attached hydrogens (tertiary/aromatic N) is 3. The van der Waals surface area contributed by atoms with Crippen LogP contribution in [0.5, 0.6) is 0 Å². The van der Waals surface area contributed by atoms with E-state index in [2.05, 4.69) is 16.3 Å². The molecular formula is C16H22N4O3. The third-order valence-electron chi connectivity index (χ3n) is 3.46. The van der Waals surface area contributed by atoms with Gasteiger partial charge in [0.1, 0.15) is 5.60 Å². The zero-order chi connectivity index (χ0) is 17.2. The van der Waals surface area contributed by atoms with Crippen LogP contribution in [0.2, 0.25) is 0 Å². The van der Waals surface area contributed by atoms with Gasteiger partial charge in [-0.2, -0.15) is 5.10 Å². The Morgan fingerprint density at radius 1 is 1.43 bits per heavy atom. The van der Waals surface area contributed by atoms with Gasteiger partial charge in [0.2, 0.25) is 0 Å². The molecule has 124 valence electrons. The number of nitrogens with one attached hydrogen (secondary N) is 1. The standard InChI is InChI=1S/C16H22N4O3/c1-6-8-17-14(21)13-11-10-20(15(22)23-16(2,3)4)9-7-12(11)19(5)18-13/h1H,7-10H2,2-5H3,(H,17,21). The Labute approximate surface area is 136 Å². The fraction of sp³-hybridized carbons (Fsp3) is 0.562. The lowest BCUT2D eigenvalue weighted by Crippen LogP contribution is -2.40. The predicted octanol–water partition coefficient (Wildman–Crippen LogP) is 1.08. The van der Waals surface area contributed by atoms with Crippen molar-refractivity contribution in [2.24, 2.45) is 7.05 Å². The molecule has 0 aliphatic carbocycles. The van der Waals surface area contributed by atoms with Crippen molar-refractivity contribution >= 4 is 12.0 Å². The maximum atomic E-state index is 12.2. The van der Waals surface area contributed by atoms with Crippen molar-refractivity contribution in [3.63, 3.8) is 0 Å². The van der Waals surface area contributed by atoms with Gasteiger partial charge in [-0.05, 0) is 20.8 Å². The van der Waals surface area contributed by atoms with E-state index in [0.717, 1.165) is 11.3 Å². The van der Waals surface area contributed by atoms with E-state index in [1.165, 1.54) is 0 Å². The number of aryl methyl sites for hydroxylation is 1. The van der Waals surface area contributed by atoms with E-state index in [-0.39, 0.29) is 18.5 Å². The summed E-state index contributed by atoms with van der Waals surface area (Å²) in [6.07, 6.45) is 5.40. The van der Waals surface area contributed by atoms with E-state index in [9.17, 15) is 9.59 Å². The van der Waals surface area contributed by atoms with Gasteiger partial charge in [0.25, 0.3) is 5.91 Å². The molecule has 0 bridgehead atoms. The molecule has 0 radical (unpaired) electrons. The maximum absolute atomic E-state index is 12.2.